The van der Waals surface area contributed by atoms with E-state index < -0.39 is 10.0 Å². The van der Waals surface area contributed by atoms with E-state index in [4.69, 9.17) is 0 Å². The second kappa shape index (κ2) is 8.57. The molecule has 0 spiro atoms. The van der Waals surface area contributed by atoms with Gasteiger partial charge >= 0.3 is 0 Å². The Hall–Kier alpha value is -2.71. The van der Waals surface area contributed by atoms with Gasteiger partial charge in [0, 0.05) is 37.1 Å². The highest BCUT2D eigenvalue weighted by atomic mass is 32.2. The molecule has 3 heterocycles. The quantitative estimate of drug-likeness (QED) is 0.652. The summed E-state index contributed by atoms with van der Waals surface area (Å²) in [4.78, 5) is 4.58. The summed E-state index contributed by atoms with van der Waals surface area (Å²) in [6, 6.07) is 13.4. The zero-order chi connectivity index (χ0) is 21.1. The molecule has 1 saturated heterocycles. The van der Waals surface area contributed by atoms with Crippen LogP contribution in [0.4, 0.5) is 5.82 Å². The molecule has 1 aromatic carbocycles. The third-order valence-electron chi connectivity index (χ3n) is 5.58. The molecule has 1 N–H and O–H groups in total. The van der Waals surface area contributed by atoms with E-state index in [-0.39, 0.29) is 4.90 Å². The van der Waals surface area contributed by atoms with E-state index in [2.05, 4.69) is 15.4 Å². The lowest BCUT2D eigenvalue weighted by Gasteiger charge is -2.25. The van der Waals surface area contributed by atoms with Gasteiger partial charge in [0.1, 0.15) is 10.7 Å². The Labute approximate surface area is 177 Å². The smallest absolute Gasteiger partial charge is 0.244 e. The van der Waals surface area contributed by atoms with Gasteiger partial charge in [-0.15, -0.1) is 0 Å². The molecule has 0 amide bonds. The number of aromatic nitrogens is 3. The van der Waals surface area contributed by atoms with Gasteiger partial charge in [-0.25, -0.2) is 18.1 Å². The number of benzene rings is 1. The van der Waals surface area contributed by atoms with Crippen molar-refractivity contribution in [2.75, 3.05) is 18.4 Å². The first-order chi connectivity index (χ1) is 14.5. The van der Waals surface area contributed by atoms with Crippen LogP contribution in [0.15, 0.2) is 53.6 Å². The standard InChI is InChI=1S/C22H27N5O2S/c1-17-21(18(2)27(25-17)19-9-5-3-6-10-19)16-24-22-12-11-20(15-23-22)30(28,29)26-13-7-4-8-14-26/h3,5-6,9-12,15H,4,7-8,13-14,16H2,1-2H3,(H,23,24). The Morgan fingerprint density at radius 3 is 2.40 bits per heavy atom. The normalized spacial score (nSPS) is 15.3. The molecule has 0 saturated carbocycles. The van der Waals surface area contributed by atoms with Crippen LogP contribution in [0.3, 0.4) is 0 Å². The summed E-state index contributed by atoms with van der Waals surface area (Å²) in [7, 11) is -3.46. The van der Waals surface area contributed by atoms with Crippen molar-refractivity contribution in [3.05, 3.63) is 65.6 Å². The topological polar surface area (TPSA) is 80.1 Å². The molecule has 4 rings (SSSR count). The molecule has 158 valence electrons. The van der Waals surface area contributed by atoms with Gasteiger partial charge in [-0.3, -0.25) is 0 Å². The minimum Gasteiger partial charge on any atom is -0.366 e. The first kappa shape index (κ1) is 20.6. The Bertz CT molecular complexity index is 1100. The molecule has 3 aromatic rings. The summed E-state index contributed by atoms with van der Waals surface area (Å²) in [6.07, 6.45) is 4.37. The van der Waals surface area contributed by atoms with Gasteiger partial charge in [-0.05, 0) is 51.0 Å². The Morgan fingerprint density at radius 2 is 1.73 bits per heavy atom. The van der Waals surface area contributed by atoms with Crippen molar-refractivity contribution >= 4 is 15.8 Å². The van der Waals surface area contributed by atoms with Gasteiger partial charge in [0.25, 0.3) is 0 Å². The molecular formula is C22H27N5O2S. The molecule has 7 nitrogen and oxygen atoms in total. The number of rotatable bonds is 6. The van der Waals surface area contributed by atoms with Gasteiger partial charge in [0.15, 0.2) is 0 Å². The van der Waals surface area contributed by atoms with E-state index in [9.17, 15) is 8.42 Å². The lowest BCUT2D eigenvalue weighted by Crippen LogP contribution is -2.35. The predicted octanol–water partition coefficient (Wildman–Crippen LogP) is 3.67. The summed E-state index contributed by atoms with van der Waals surface area (Å²) >= 11 is 0. The molecule has 1 fully saturated rings. The largest absolute Gasteiger partial charge is 0.366 e. The van der Waals surface area contributed by atoms with Gasteiger partial charge in [0.05, 0.1) is 11.4 Å². The predicted molar refractivity (Wildman–Crippen MR) is 117 cm³/mol. The van der Waals surface area contributed by atoms with Crippen LogP contribution in [-0.4, -0.2) is 40.6 Å². The van der Waals surface area contributed by atoms with Crippen molar-refractivity contribution in [1.82, 2.24) is 19.1 Å². The van der Waals surface area contributed by atoms with Crippen LogP contribution in [-0.2, 0) is 16.6 Å². The van der Waals surface area contributed by atoms with Crippen LogP contribution in [0.2, 0.25) is 0 Å². The number of sulfonamides is 1. The van der Waals surface area contributed by atoms with E-state index in [0.717, 1.165) is 41.9 Å². The van der Waals surface area contributed by atoms with Crippen molar-refractivity contribution in [3.8, 4) is 5.69 Å². The van der Waals surface area contributed by atoms with E-state index >= 15 is 0 Å². The number of pyridine rings is 1. The fourth-order valence-electron chi connectivity index (χ4n) is 3.82. The number of para-hydroxylation sites is 1. The maximum atomic E-state index is 12.8. The van der Waals surface area contributed by atoms with Gasteiger partial charge < -0.3 is 5.32 Å². The molecule has 0 atom stereocenters. The van der Waals surface area contributed by atoms with Crippen molar-refractivity contribution in [1.29, 1.82) is 0 Å². The Morgan fingerprint density at radius 1 is 1.00 bits per heavy atom. The van der Waals surface area contributed by atoms with Gasteiger partial charge in [0.2, 0.25) is 10.0 Å². The molecule has 1 aliphatic heterocycles. The summed E-state index contributed by atoms with van der Waals surface area (Å²) in [5.41, 5.74) is 4.14. The lowest BCUT2D eigenvalue weighted by molar-refractivity contribution is 0.346. The maximum absolute atomic E-state index is 12.8. The zero-order valence-corrected chi connectivity index (χ0v) is 18.2. The minimum atomic E-state index is -3.46. The molecule has 2 aromatic heterocycles. The maximum Gasteiger partial charge on any atom is 0.244 e. The van der Waals surface area contributed by atoms with Crippen LogP contribution in [0, 0.1) is 13.8 Å². The molecule has 0 aliphatic carbocycles. The second-order valence-corrected chi connectivity index (χ2v) is 9.53. The average Bonchev–Trinajstić information content (AvgIpc) is 3.07. The van der Waals surface area contributed by atoms with Gasteiger partial charge in [-0.1, -0.05) is 24.6 Å². The molecule has 1 aliphatic rings. The van der Waals surface area contributed by atoms with Crippen LogP contribution >= 0.6 is 0 Å². The number of nitrogens with one attached hydrogen (secondary N) is 1. The van der Waals surface area contributed by atoms with Crippen LogP contribution in [0.25, 0.3) is 5.69 Å². The van der Waals surface area contributed by atoms with Crippen molar-refractivity contribution < 1.29 is 8.42 Å². The zero-order valence-electron chi connectivity index (χ0n) is 17.4. The number of nitrogens with zero attached hydrogens (tertiary/aromatic N) is 4. The number of piperidine rings is 1. The number of aryl methyl sites for hydroxylation is 1. The number of hydrogen-bond acceptors (Lipinski definition) is 5. The monoisotopic (exact) mass is 425 g/mol. The molecule has 30 heavy (non-hydrogen) atoms. The van der Waals surface area contributed by atoms with E-state index in [1.807, 2.05) is 48.9 Å². The van der Waals surface area contributed by atoms with E-state index in [1.54, 1.807) is 16.4 Å². The molecular weight excluding hydrogens is 398 g/mol. The highest BCUT2D eigenvalue weighted by molar-refractivity contribution is 7.89. The van der Waals surface area contributed by atoms with E-state index in [1.165, 1.54) is 6.20 Å². The van der Waals surface area contributed by atoms with Crippen molar-refractivity contribution in [3.63, 3.8) is 0 Å². The third kappa shape index (κ3) is 4.11. The summed E-state index contributed by atoms with van der Waals surface area (Å²) < 4.78 is 29.0. The fourth-order valence-corrected chi connectivity index (χ4v) is 5.29. The van der Waals surface area contributed by atoms with Gasteiger partial charge in [-0.2, -0.15) is 9.40 Å². The van der Waals surface area contributed by atoms with E-state index in [0.29, 0.717) is 25.5 Å². The fraction of sp³-hybridized carbons (Fsp3) is 0.364. The Kier molecular flexibility index (Phi) is 5.87. The minimum absolute atomic E-state index is 0.249. The van der Waals surface area contributed by atoms with Crippen molar-refractivity contribution in [2.24, 2.45) is 0 Å². The molecule has 0 radical (unpaired) electrons. The summed E-state index contributed by atoms with van der Waals surface area (Å²) in [5.74, 6) is 0.638. The first-order valence-corrected chi connectivity index (χ1v) is 11.7. The molecule has 0 bridgehead atoms. The summed E-state index contributed by atoms with van der Waals surface area (Å²) in [5, 5.41) is 7.96. The van der Waals surface area contributed by atoms with Crippen LogP contribution in [0.1, 0.15) is 36.2 Å². The SMILES string of the molecule is Cc1nn(-c2ccccc2)c(C)c1CNc1ccc(S(=O)(=O)N2CCCCC2)cn1. The first-order valence-electron chi connectivity index (χ1n) is 10.3. The average molecular weight is 426 g/mol. The highest BCUT2D eigenvalue weighted by Gasteiger charge is 2.26. The van der Waals surface area contributed by atoms with Crippen molar-refractivity contribution in [2.45, 2.75) is 44.6 Å². The summed E-state index contributed by atoms with van der Waals surface area (Å²) in [6.45, 7) is 5.78. The molecule has 0 unspecified atom stereocenters. The number of hydrogen-bond donors (Lipinski definition) is 1. The molecule has 8 heteroatoms. The lowest BCUT2D eigenvalue weighted by atomic mass is 10.2. The number of anilines is 1. The third-order valence-corrected chi connectivity index (χ3v) is 7.46. The Balaban J connectivity index is 1.47. The second-order valence-electron chi connectivity index (χ2n) is 7.59. The highest BCUT2D eigenvalue weighted by Crippen LogP contribution is 2.22. The van der Waals surface area contributed by atoms with Crippen LogP contribution < -0.4 is 5.32 Å². The van der Waals surface area contributed by atoms with Crippen LogP contribution in [0.5, 0.6) is 0 Å².